The van der Waals surface area contributed by atoms with Gasteiger partial charge in [0.05, 0.1) is 0 Å². The Morgan fingerprint density at radius 1 is 0.828 bits per heavy atom. The number of aryl methyl sites for hydroxylation is 1. The molecule has 0 N–H and O–H groups in total. The molecule has 0 spiro atoms. The van der Waals surface area contributed by atoms with Gasteiger partial charge in [-0.05, 0) is 53.0 Å². The Kier molecular flexibility index (Phi) is 5.58. The Bertz CT molecular complexity index is 1090. The summed E-state index contributed by atoms with van der Waals surface area (Å²) in [5.41, 5.74) is 8.23. The topological polar surface area (TPSA) is 3.24 Å². The van der Waals surface area contributed by atoms with Crippen molar-refractivity contribution in [2.24, 2.45) is 0 Å². The molecule has 1 heterocycles. The first-order chi connectivity index (χ1) is 14.2. The van der Waals surface area contributed by atoms with Crippen molar-refractivity contribution in [3.63, 3.8) is 0 Å². The van der Waals surface area contributed by atoms with Crippen LogP contribution < -0.4 is 4.90 Å². The standard InChI is InChI=1S/C28H25N/c1-22-16-17-27(28(21-22)24-11-5-3-6-12-24)26-15-9-10-19-29(20-18-23(26)2)25-13-7-4-8-14-25/h3-18,20-21H,2,19H2,1H3/b10-9-,20-18-,26-15?. The molecule has 1 aliphatic heterocycles. The normalized spacial score (nSPS) is 16.4. The van der Waals surface area contributed by atoms with Gasteiger partial charge in [-0.1, -0.05) is 97.1 Å². The van der Waals surface area contributed by atoms with Crippen LogP contribution in [0.2, 0.25) is 0 Å². The van der Waals surface area contributed by atoms with Crippen LogP contribution in [-0.2, 0) is 0 Å². The number of anilines is 1. The van der Waals surface area contributed by atoms with Gasteiger partial charge in [-0.25, -0.2) is 0 Å². The van der Waals surface area contributed by atoms with Crippen molar-refractivity contribution in [1.29, 1.82) is 0 Å². The lowest BCUT2D eigenvalue weighted by Crippen LogP contribution is -2.15. The fourth-order valence-corrected chi connectivity index (χ4v) is 3.60. The van der Waals surface area contributed by atoms with E-state index in [9.17, 15) is 0 Å². The van der Waals surface area contributed by atoms with E-state index in [-0.39, 0.29) is 0 Å². The Balaban J connectivity index is 1.74. The van der Waals surface area contributed by atoms with Gasteiger partial charge in [-0.3, -0.25) is 0 Å². The fraction of sp³-hybridized carbons (Fsp3) is 0.0714. The average Bonchev–Trinajstić information content (AvgIpc) is 2.86. The second kappa shape index (κ2) is 8.62. The maximum atomic E-state index is 4.38. The number of para-hydroxylation sites is 1. The van der Waals surface area contributed by atoms with Crippen LogP contribution in [0.4, 0.5) is 5.69 Å². The molecule has 1 nitrogen and oxygen atoms in total. The maximum Gasteiger partial charge on any atom is 0.0409 e. The highest BCUT2D eigenvalue weighted by Crippen LogP contribution is 2.34. The Morgan fingerprint density at radius 2 is 1.55 bits per heavy atom. The third-order valence-electron chi connectivity index (χ3n) is 5.14. The second-order valence-corrected chi connectivity index (χ2v) is 7.25. The first kappa shape index (κ1) is 18.8. The average molecular weight is 376 g/mol. The van der Waals surface area contributed by atoms with E-state index in [0.29, 0.717) is 0 Å². The molecular weight excluding hydrogens is 350 g/mol. The van der Waals surface area contributed by atoms with Gasteiger partial charge in [0.2, 0.25) is 0 Å². The zero-order valence-electron chi connectivity index (χ0n) is 16.8. The molecule has 0 saturated heterocycles. The van der Waals surface area contributed by atoms with Crippen molar-refractivity contribution in [3.05, 3.63) is 133 Å². The smallest absolute Gasteiger partial charge is 0.0409 e. The molecule has 0 aromatic heterocycles. The van der Waals surface area contributed by atoms with Crippen molar-refractivity contribution in [2.75, 3.05) is 11.4 Å². The lowest BCUT2D eigenvalue weighted by molar-refractivity contribution is 1.09. The van der Waals surface area contributed by atoms with E-state index in [4.69, 9.17) is 0 Å². The molecule has 142 valence electrons. The van der Waals surface area contributed by atoms with Crippen LogP contribution in [0.1, 0.15) is 11.1 Å². The predicted molar refractivity (Wildman–Crippen MR) is 126 cm³/mol. The fourth-order valence-electron chi connectivity index (χ4n) is 3.60. The van der Waals surface area contributed by atoms with Gasteiger partial charge in [-0.2, -0.15) is 0 Å². The van der Waals surface area contributed by atoms with Gasteiger partial charge in [0, 0.05) is 18.4 Å². The van der Waals surface area contributed by atoms with Gasteiger partial charge >= 0.3 is 0 Å². The van der Waals surface area contributed by atoms with Gasteiger partial charge in [-0.15, -0.1) is 0 Å². The summed E-state index contributed by atoms with van der Waals surface area (Å²) in [7, 11) is 0. The summed E-state index contributed by atoms with van der Waals surface area (Å²) in [5, 5.41) is 0. The summed E-state index contributed by atoms with van der Waals surface area (Å²) in [6.07, 6.45) is 10.7. The molecule has 0 aliphatic carbocycles. The van der Waals surface area contributed by atoms with E-state index >= 15 is 0 Å². The third kappa shape index (κ3) is 4.30. The van der Waals surface area contributed by atoms with Gasteiger partial charge in [0.1, 0.15) is 0 Å². The largest absolute Gasteiger partial charge is 0.344 e. The maximum absolute atomic E-state index is 4.38. The molecule has 0 amide bonds. The van der Waals surface area contributed by atoms with Crippen molar-refractivity contribution >= 4 is 11.3 Å². The second-order valence-electron chi connectivity index (χ2n) is 7.25. The van der Waals surface area contributed by atoms with Gasteiger partial charge < -0.3 is 4.90 Å². The summed E-state index contributed by atoms with van der Waals surface area (Å²) in [5.74, 6) is 0. The molecule has 0 saturated carbocycles. The first-order valence-electron chi connectivity index (χ1n) is 9.95. The van der Waals surface area contributed by atoms with Crippen LogP contribution in [-0.4, -0.2) is 6.54 Å². The SMILES string of the molecule is C=C1/C=C\N(c2ccccc2)C/C=C\C=C1c1ccc(C)cc1-c1ccccc1. The molecule has 0 atom stereocenters. The number of nitrogens with zero attached hydrogens (tertiary/aromatic N) is 1. The molecule has 29 heavy (non-hydrogen) atoms. The lowest BCUT2D eigenvalue weighted by Gasteiger charge is -2.19. The molecule has 0 radical (unpaired) electrons. The van der Waals surface area contributed by atoms with Crippen LogP contribution in [0.3, 0.4) is 0 Å². The summed E-state index contributed by atoms with van der Waals surface area (Å²) in [6.45, 7) is 7.34. The summed E-state index contributed by atoms with van der Waals surface area (Å²) in [4.78, 5) is 2.23. The van der Waals surface area contributed by atoms with Crippen molar-refractivity contribution in [3.8, 4) is 11.1 Å². The minimum Gasteiger partial charge on any atom is -0.344 e. The number of hydrogen-bond donors (Lipinski definition) is 0. The molecule has 0 bridgehead atoms. The molecular formula is C28H25N. The van der Waals surface area contributed by atoms with Crippen LogP contribution >= 0.6 is 0 Å². The summed E-state index contributed by atoms with van der Waals surface area (Å²) in [6, 6.07) is 27.6. The minimum absolute atomic E-state index is 0.816. The van der Waals surface area contributed by atoms with Gasteiger partial charge in [0.15, 0.2) is 0 Å². The number of hydrogen-bond acceptors (Lipinski definition) is 1. The molecule has 3 aromatic carbocycles. The van der Waals surface area contributed by atoms with Crippen LogP contribution in [0.5, 0.6) is 0 Å². The molecule has 0 fully saturated rings. The zero-order valence-corrected chi connectivity index (χ0v) is 16.8. The molecule has 0 unspecified atom stereocenters. The van der Waals surface area contributed by atoms with E-state index in [1.54, 1.807) is 0 Å². The van der Waals surface area contributed by atoms with E-state index < -0.39 is 0 Å². The van der Waals surface area contributed by atoms with Crippen LogP contribution in [0, 0.1) is 6.92 Å². The third-order valence-corrected chi connectivity index (χ3v) is 5.14. The van der Waals surface area contributed by atoms with Crippen molar-refractivity contribution < 1.29 is 0 Å². The predicted octanol–water partition coefficient (Wildman–Crippen LogP) is 7.19. The first-order valence-corrected chi connectivity index (χ1v) is 9.95. The highest BCUT2D eigenvalue weighted by molar-refractivity contribution is 5.90. The van der Waals surface area contributed by atoms with Crippen molar-refractivity contribution in [2.45, 2.75) is 6.92 Å². The van der Waals surface area contributed by atoms with Crippen LogP contribution in [0.15, 0.2) is 122 Å². The lowest BCUT2D eigenvalue weighted by atomic mass is 9.89. The number of rotatable bonds is 3. The monoisotopic (exact) mass is 375 g/mol. The Morgan fingerprint density at radius 3 is 2.31 bits per heavy atom. The number of benzene rings is 3. The summed E-state index contributed by atoms with van der Waals surface area (Å²) < 4.78 is 0. The quantitative estimate of drug-likeness (QED) is 0.468. The highest BCUT2D eigenvalue weighted by Gasteiger charge is 2.12. The summed E-state index contributed by atoms with van der Waals surface area (Å²) >= 11 is 0. The van der Waals surface area contributed by atoms with E-state index in [0.717, 1.165) is 17.7 Å². The van der Waals surface area contributed by atoms with E-state index in [2.05, 4.69) is 122 Å². The molecule has 1 aliphatic rings. The van der Waals surface area contributed by atoms with Gasteiger partial charge in [0.25, 0.3) is 0 Å². The minimum atomic E-state index is 0.816. The van der Waals surface area contributed by atoms with Crippen molar-refractivity contribution in [1.82, 2.24) is 0 Å². The molecule has 1 heteroatoms. The number of allylic oxidation sites excluding steroid dienone is 5. The Labute approximate surface area is 173 Å². The van der Waals surface area contributed by atoms with E-state index in [1.807, 2.05) is 6.07 Å². The highest BCUT2D eigenvalue weighted by atomic mass is 15.1. The van der Waals surface area contributed by atoms with E-state index in [1.165, 1.54) is 27.9 Å². The zero-order chi connectivity index (χ0) is 20.1. The molecule has 4 rings (SSSR count). The van der Waals surface area contributed by atoms with Crippen LogP contribution in [0.25, 0.3) is 16.7 Å². The molecule has 3 aromatic rings. The Hall–Kier alpha value is -3.58.